The highest BCUT2D eigenvalue weighted by Gasteiger charge is 2.02. The van der Waals surface area contributed by atoms with E-state index in [9.17, 15) is 4.79 Å². The Labute approximate surface area is 87.5 Å². The Morgan fingerprint density at radius 3 is 2.77 bits per heavy atom. The molecule has 0 radical (unpaired) electrons. The van der Waals surface area contributed by atoms with Gasteiger partial charge in [-0.2, -0.15) is 0 Å². The van der Waals surface area contributed by atoms with Crippen molar-refractivity contribution in [2.24, 2.45) is 0 Å². The summed E-state index contributed by atoms with van der Waals surface area (Å²) in [6, 6.07) is 6.21. The van der Waals surface area contributed by atoms with Crippen molar-refractivity contribution < 1.29 is 4.79 Å². The average molecular weight is 215 g/mol. The molecule has 13 heavy (non-hydrogen) atoms. The third kappa shape index (κ3) is 3.41. The number of carbonyl (C=O) groups is 1. The van der Waals surface area contributed by atoms with Crippen molar-refractivity contribution in [1.29, 1.82) is 0 Å². The third-order valence-electron chi connectivity index (χ3n) is 1.85. The number of hydrogen-bond acceptors (Lipinski definition) is 2. The molecule has 70 valence electrons. The molecule has 0 aliphatic heterocycles. The number of benzene rings is 1. The maximum Gasteiger partial charge on any atom is 0.279 e. The lowest BCUT2D eigenvalue weighted by molar-refractivity contribution is 0.276. The second-order valence-corrected chi connectivity index (χ2v) is 4.47. The lowest BCUT2D eigenvalue weighted by atomic mass is 10.1. The lowest BCUT2D eigenvalue weighted by Crippen LogP contribution is -1.88. The van der Waals surface area contributed by atoms with E-state index in [1.807, 2.05) is 13.8 Å². The van der Waals surface area contributed by atoms with Gasteiger partial charge in [0.05, 0.1) is 0 Å². The van der Waals surface area contributed by atoms with Gasteiger partial charge in [0, 0.05) is 5.75 Å². The Morgan fingerprint density at radius 1 is 1.46 bits per heavy atom. The van der Waals surface area contributed by atoms with Crippen LogP contribution in [0.3, 0.4) is 0 Å². The first kappa shape index (κ1) is 10.6. The number of thioether (sulfide) groups is 1. The van der Waals surface area contributed by atoms with Crippen LogP contribution >= 0.6 is 23.4 Å². The molecule has 0 aliphatic rings. The monoisotopic (exact) mass is 214 g/mol. The predicted octanol–water partition coefficient (Wildman–Crippen LogP) is 3.90. The van der Waals surface area contributed by atoms with Gasteiger partial charge in [-0.1, -0.05) is 35.5 Å². The quantitative estimate of drug-likeness (QED) is 0.695. The summed E-state index contributed by atoms with van der Waals surface area (Å²) in [4.78, 5) is 10.5. The number of halogens is 1. The molecule has 1 aromatic rings. The molecule has 0 spiro atoms. The van der Waals surface area contributed by atoms with E-state index in [2.05, 4.69) is 18.2 Å². The molecule has 1 rings (SSSR count). The van der Waals surface area contributed by atoms with Crippen LogP contribution in [0.1, 0.15) is 16.7 Å². The average Bonchev–Trinajstić information content (AvgIpc) is 2.06. The molecular formula is C10H11ClOS. The molecule has 0 bridgehead atoms. The van der Waals surface area contributed by atoms with Crippen LogP contribution in [0.4, 0.5) is 4.79 Å². The van der Waals surface area contributed by atoms with Gasteiger partial charge in [0.1, 0.15) is 0 Å². The maximum absolute atomic E-state index is 10.5. The van der Waals surface area contributed by atoms with Crippen LogP contribution in [-0.2, 0) is 5.75 Å². The Hall–Kier alpha value is -0.470. The Morgan fingerprint density at radius 2 is 2.15 bits per heavy atom. The van der Waals surface area contributed by atoms with Crippen LogP contribution in [0.5, 0.6) is 0 Å². The van der Waals surface area contributed by atoms with Gasteiger partial charge in [0.2, 0.25) is 0 Å². The molecule has 0 fully saturated rings. The smallest absolute Gasteiger partial charge is 0.268 e. The summed E-state index contributed by atoms with van der Waals surface area (Å²) >= 11 is 6.38. The summed E-state index contributed by atoms with van der Waals surface area (Å²) in [7, 11) is 0. The van der Waals surface area contributed by atoms with Gasteiger partial charge < -0.3 is 0 Å². The molecule has 0 saturated carbocycles. The van der Waals surface area contributed by atoms with Crippen LogP contribution in [0.15, 0.2) is 18.2 Å². The maximum atomic E-state index is 10.5. The summed E-state index contributed by atoms with van der Waals surface area (Å²) in [5.41, 5.74) is 3.60. The van der Waals surface area contributed by atoms with Gasteiger partial charge in [-0.05, 0) is 36.6 Å². The lowest BCUT2D eigenvalue weighted by Gasteiger charge is -2.04. The van der Waals surface area contributed by atoms with E-state index < -0.39 is 0 Å². The Kier molecular flexibility index (Phi) is 3.82. The summed E-state index contributed by atoms with van der Waals surface area (Å²) in [5.74, 6) is 0.663. The van der Waals surface area contributed by atoms with Gasteiger partial charge in [-0.25, -0.2) is 0 Å². The molecule has 0 unspecified atom stereocenters. The van der Waals surface area contributed by atoms with Crippen LogP contribution in [0, 0.1) is 13.8 Å². The molecule has 3 heteroatoms. The van der Waals surface area contributed by atoms with Crippen molar-refractivity contribution in [1.82, 2.24) is 0 Å². The highest BCUT2D eigenvalue weighted by molar-refractivity contribution is 8.15. The van der Waals surface area contributed by atoms with E-state index >= 15 is 0 Å². The SMILES string of the molecule is Cc1ccc(C)c(CSC(=O)Cl)c1. The molecule has 0 saturated heterocycles. The second-order valence-electron chi connectivity index (χ2n) is 2.96. The molecule has 1 nitrogen and oxygen atoms in total. The van der Waals surface area contributed by atoms with Gasteiger partial charge in [-0.15, -0.1) is 0 Å². The Balaban J connectivity index is 2.75. The van der Waals surface area contributed by atoms with Crippen molar-refractivity contribution in [2.45, 2.75) is 19.6 Å². The first-order valence-electron chi connectivity index (χ1n) is 3.98. The minimum atomic E-state index is -0.346. The van der Waals surface area contributed by atoms with Gasteiger partial charge in [0.25, 0.3) is 4.57 Å². The summed E-state index contributed by atoms with van der Waals surface area (Å²) in [6.45, 7) is 4.07. The number of hydrogen-bond donors (Lipinski definition) is 0. The minimum Gasteiger partial charge on any atom is -0.268 e. The first-order valence-corrected chi connectivity index (χ1v) is 5.34. The molecule has 0 N–H and O–H groups in total. The van der Waals surface area contributed by atoms with Gasteiger partial charge >= 0.3 is 0 Å². The fourth-order valence-electron chi connectivity index (χ4n) is 1.09. The molecule has 0 aliphatic carbocycles. The topological polar surface area (TPSA) is 17.1 Å². The number of rotatable bonds is 2. The largest absolute Gasteiger partial charge is 0.279 e. The van der Waals surface area contributed by atoms with Crippen molar-refractivity contribution >= 4 is 27.9 Å². The zero-order valence-corrected chi connectivity index (χ0v) is 9.21. The molecular weight excluding hydrogens is 204 g/mol. The highest BCUT2D eigenvalue weighted by atomic mass is 35.5. The van der Waals surface area contributed by atoms with E-state index in [1.165, 1.54) is 16.7 Å². The van der Waals surface area contributed by atoms with E-state index in [0.717, 1.165) is 11.8 Å². The number of aryl methyl sites for hydroxylation is 2. The van der Waals surface area contributed by atoms with Crippen molar-refractivity contribution in [3.8, 4) is 0 Å². The predicted molar refractivity (Wildman–Crippen MR) is 58.5 cm³/mol. The third-order valence-corrected chi connectivity index (χ3v) is 2.86. The van der Waals surface area contributed by atoms with E-state index in [4.69, 9.17) is 11.6 Å². The molecule has 1 aromatic carbocycles. The second kappa shape index (κ2) is 4.68. The zero-order chi connectivity index (χ0) is 9.84. The molecule has 0 heterocycles. The normalized spacial score (nSPS) is 10.1. The molecule has 0 atom stereocenters. The minimum absolute atomic E-state index is 0.346. The summed E-state index contributed by atoms with van der Waals surface area (Å²) < 4.78 is -0.346. The summed E-state index contributed by atoms with van der Waals surface area (Å²) in [5, 5.41) is 0. The van der Waals surface area contributed by atoms with E-state index in [-0.39, 0.29) is 4.57 Å². The van der Waals surface area contributed by atoms with Gasteiger partial charge in [0.15, 0.2) is 0 Å². The Bertz CT molecular complexity index is 323. The van der Waals surface area contributed by atoms with Gasteiger partial charge in [-0.3, -0.25) is 4.79 Å². The highest BCUT2D eigenvalue weighted by Crippen LogP contribution is 2.19. The molecule has 0 amide bonds. The van der Waals surface area contributed by atoms with Crippen molar-refractivity contribution in [3.05, 3.63) is 34.9 Å². The fourth-order valence-corrected chi connectivity index (χ4v) is 1.83. The fraction of sp³-hybridized carbons (Fsp3) is 0.300. The zero-order valence-electron chi connectivity index (χ0n) is 7.63. The summed E-state index contributed by atoms with van der Waals surface area (Å²) in [6.07, 6.45) is 0. The van der Waals surface area contributed by atoms with Crippen LogP contribution in [0.2, 0.25) is 0 Å². The standard InChI is InChI=1S/C10H11ClOS/c1-7-3-4-8(2)9(5-7)6-13-10(11)12/h3-5H,6H2,1-2H3. The van der Waals surface area contributed by atoms with E-state index in [0.29, 0.717) is 5.75 Å². The first-order chi connectivity index (χ1) is 6.09. The van der Waals surface area contributed by atoms with Crippen LogP contribution < -0.4 is 0 Å². The van der Waals surface area contributed by atoms with E-state index in [1.54, 1.807) is 0 Å². The number of carbonyl (C=O) groups excluding carboxylic acids is 1. The molecule has 0 aromatic heterocycles. The van der Waals surface area contributed by atoms with Crippen LogP contribution in [0.25, 0.3) is 0 Å². The van der Waals surface area contributed by atoms with Crippen molar-refractivity contribution in [3.63, 3.8) is 0 Å². The van der Waals surface area contributed by atoms with Crippen LogP contribution in [-0.4, -0.2) is 4.57 Å². The van der Waals surface area contributed by atoms with Crippen molar-refractivity contribution in [2.75, 3.05) is 0 Å².